The second-order valence-corrected chi connectivity index (χ2v) is 3.72. The molecule has 0 aliphatic heterocycles. The molecule has 0 fully saturated rings. The summed E-state index contributed by atoms with van der Waals surface area (Å²) < 4.78 is 9.87. The minimum atomic E-state index is -0.864. The van der Waals surface area contributed by atoms with Crippen LogP contribution in [0.2, 0.25) is 0 Å². The summed E-state index contributed by atoms with van der Waals surface area (Å²) in [5.41, 5.74) is 2.21. The van der Waals surface area contributed by atoms with Crippen molar-refractivity contribution in [2.24, 2.45) is 0 Å². The first-order chi connectivity index (χ1) is 8.15. The second-order valence-electron chi connectivity index (χ2n) is 3.72. The number of benzene rings is 1. The molecule has 0 unspecified atom stereocenters. The number of fused-ring (bicyclic) bond motifs is 1. The number of hydrogen-bond acceptors (Lipinski definition) is 4. The van der Waals surface area contributed by atoms with Gasteiger partial charge in [-0.25, -0.2) is 4.98 Å². The quantitative estimate of drug-likeness (QED) is 0.645. The van der Waals surface area contributed by atoms with E-state index in [2.05, 4.69) is 9.97 Å². The molecule has 2 rings (SSSR count). The highest BCUT2D eigenvalue weighted by Crippen LogP contribution is 2.15. The van der Waals surface area contributed by atoms with E-state index in [1.54, 1.807) is 18.2 Å². The van der Waals surface area contributed by atoms with Crippen LogP contribution in [-0.4, -0.2) is 36.3 Å². The van der Waals surface area contributed by atoms with E-state index in [0.717, 1.165) is 16.9 Å². The summed E-state index contributed by atoms with van der Waals surface area (Å²) in [4.78, 5) is 19.3. The Morgan fingerprint density at radius 3 is 2.71 bits per heavy atom. The SMILES string of the molecule is COC(OC)C(=O)c1ccc2nc(C)[nH]c2c1. The Kier molecular flexibility index (Phi) is 3.21. The van der Waals surface area contributed by atoms with E-state index in [9.17, 15) is 4.79 Å². The standard InChI is InChI=1S/C12H14N2O3/c1-7-13-9-5-4-8(6-10(9)14-7)11(15)12(16-2)17-3/h4-6,12H,1-3H3,(H,13,14). The average molecular weight is 234 g/mol. The van der Waals surface area contributed by atoms with E-state index in [4.69, 9.17) is 9.47 Å². The fourth-order valence-corrected chi connectivity index (χ4v) is 1.74. The van der Waals surface area contributed by atoms with E-state index in [1.807, 2.05) is 6.92 Å². The third-order valence-electron chi connectivity index (χ3n) is 2.53. The van der Waals surface area contributed by atoms with Gasteiger partial charge < -0.3 is 14.5 Å². The molecule has 2 aromatic rings. The molecular weight excluding hydrogens is 220 g/mol. The molecule has 0 saturated carbocycles. The maximum atomic E-state index is 12.0. The van der Waals surface area contributed by atoms with Crippen LogP contribution < -0.4 is 0 Å². The first kappa shape index (κ1) is 11.8. The zero-order chi connectivity index (χ0) is 12.4. The molecule has 1 heterocycles. The number of aromatic amines is 1. The molecule has 5 nitrogen and oxygen atoms in total. The molecule has 0 amide bonds. The Bertz CT molecular complexity index is 544. The minimum Gasteiger partial charge on any atom is -0.349 e. The zero-order valence-electron chi connectivity index (χ0n) is 9.98. The van der Waals surface area contributed by atoms with Gasteiger partial charge in [0.2, 0.25) is 12.1 Å². The van der Waals surface area contributed by atoms with Crippen molar-refractivity contribution in [1.82, 2.24) is 9.97 Å². The Labute approximate surface area is 98.8 Å². The number of ketones is 1. The van der Waals surface area contributed by atoms with Crippen molar-refractivity contribution < 1.29 is 14.3 Å². The number of aryl methyl sites for hydroxylation is 1. The lowest BCUT2D eigenvalue weighted by atomic mass is 10.1. The van der Waals surface area contributed by atoms with Crippen molar-refractivity contribution in [3.8, 4) is 0 Å². The third kappa shape index (κ3) is 2.20. The summed E-state index contributed by atoms with van der Waals surface area (Å²) >= 11 is 0. The van der Waals surface area contributed by atoms with Crippen LogP contribution in [0, 0.1) is 6.92 Å². The van der Waals surface area contributed by atoms with Crippen LogP contribution in [0.25, 0.3) is 11.0 Å². The van der Waals surface area contributed by atoms with Gasteiger partial charge in [0.1, 0.15) is 5.82 Å². The number of aromatic nitrogens is 2. The molecule has 5 heteroatoms. The van der Waals surface area contributed by atoms with Gasteiger partial charge in [0.25, 0.3) is 0 Å². The number of hydrogen-bond donors (Lipinski definition) is 1. The van der Waals surface area contributed by atoms with Crippen LogP contribution in [0.5, 0.6) is 0 Å². The number of methoxy groups -OCH3 is 2. The number of rotatable bonds is 4. The van der Waals surface area contributed by atoms with Crippen molar-refractivity contribution in [3.63, 3.8) is 0 Å². The highest BCUT2D eigenvalue weighted by molar-refractivity contribution is 6.01. The van der Waals surface area contributed by atoms with Gasteiger partial charge in [0.05, 0.1) is 11.0 Å². The van der Waals surface area contributed by atoms with E-state index in [-0.39, 0.29) is 5.78 Å². The van der Waals surface area contributed by atoms with Crippen LogP contribution in [-0.2, 0) is 9.47 Å². The smallest absolute Gasteiger partial charge is 0.222 e. The van der Waals surface area contributed by atoms with Crippen LogP contribution in [0.15, 0.2) is 18.2 Å². The van der Waals surface area contributed by atoms with Crippen LogP contribution >= 0.6 is 0 Å². The summed E-state index contributed by atoms with van der Waals surface area (Å²) in [6.45, 7) is 1.87. The normalized spacial score (nSPS) is 11.3. The summed E-state index contributed by atoms with van der Waals surface area (Å²) in [6, 6.07) is 5.27. The van der Waals surface area contributed by atoms with Crippen molar-refractivity contribution in [2.45, 2.75) is 13.2 Å². The Hall–Kier alpha value is -1.72. The molecule has 90 valence electrons. The average Bonchev–Trinajstić information content (AvgIpc) is 2.69. The first-order valence-electron chi connectivity index (χ1n) is 5.22. The highest BCUT2D eigenvalue weighted by atomic mass is 16.7. The van der Waals surface area contributed by atoms with Gasteiger partial charge in [-0.1, -0.05) is 0 Å². The number of carbonyl (C=O) groups is 1. The van der Waals surface area contributed by atoms with Crippen LogP contribution in [0.1, 0.15) is 16.2 Å². The van der Waals surface area contributed by atoms with E-state index in [0.29, 0.717) is 5.56 Å². The van der Waals surface area contributed by atoms with Crippen LogP contribution in [0.4, 0.5) is 0 Å². The third-order valence-corrected chi connectivity index (χ3v) is 2.53. The lowest BCUT2D eigenvalue weighted by Crippen LogP contribution is -2.24. The molecule has 0 saturated heterocycles. The Morgan fingerprint density at radius 2 is 2.06 bits per heavy atom. The summed E-state index contributed by atoms with van der Waals surface area (Å²) in [5, 5.41) is 0. The topological polar surface area (TPSA) is 64.2 Å². The minimum absolute atomic E-state index is 0.204. The summed E-state index contributed by atoms with van der Waals surface area (Å²) in [5.74, 6) is 0.615. The number of nitrogens with one attached hydrogen (secondary N) is 1. The first-order valence-corrected chi connectivity index (χ1v) is 5.22. The predicted molar refractivity (Wildman–Crippen MR) is 63.0 cm³/mol. The molecule has 0 atom stereocenters. The number of Topliss-reactive ketones (excluding diaryl/α,β-unsaturated/α-hetero) is 1. The van der Waals surface area contributed by atoms with Gasteiger partial charge in [-0.05, 0) is 25.1 Å². The van der Waals surface area contributed by atoms with E-state index < -0.39 is 6.29 Å². The second kappa shape index (κ2) is 4.65. The van der Waals surface area contributed by atoms with Gasteiger partial charge >= 0.3 is 0 Å². The number of carbonyl (C=O) groups excluding carboxylic acids is 1. The van der Waals surface area contributed by atoms with Crippen molar-refractivity contribution in [3.05, 3.63) is 29.6 Å². The monoisotopic (exact) mass is 234 g/mol. The molecule has 0 aliphatic rings. The van der Waals surface area contributed by atoms with Gasteiger partial charge in [-0.3, -0.25) is 4.79 Å². The Balaban J connectivity index is 2.38. The van der Waals surface area contributed by atoms with E-state index in [1.165, 1.54) is 14.2 Å². The molecule has 0 bridgehead atoms. The molecule has 1 aromatic carbocycles. The predicted octanol–water partition coefficient (Wildman–Crippen LogP) is 1.67. The molecule has 1 aromatic heterocycles. The molecule has 0 radical (unpaired) electrons. The van der Waals surface area contributed by atoms with Crippen LogP contribution in [0.3, 0.4) is 0 Å². The Morgan fingerprint density at radius 1 is 1.35 bits per heavy atom. The zero-order valence-corrected chi connectivity index (χ0v) is 9.98. The van der Waals surface area contributed by atoms with E-state index >= 15 is 0 Å². The maximum absolute atomic E-state index is 12.0. The van der Waals surface area contributed by atoms with Gasteiger partial charge in [-0.15, -0.1) is 0 Å². The molecule has 0 aliphatic carbocycles. The molecular formula is C12H14N2O3. The fraction of sp³-hybridized carbons (Fsp3) is 0.333. The lowest BCUT2D eigenvalue weighted by molar-refractivity contribution is -0.0742. The number of H-pyrrole nitrogens is 1. The lowest BCUT2D eigenvalue weighted by Gasteiger charge is -2.11. The largest absolute Gasteiger partial charge is 0.349 e. The number of nitrogens with zero attached hydrogens (tertiary/aromatic N) is 1. The number of ether oxygens (including phenoxy) is 2. The summed E-state index contributed by atoms with van der Waals surface area (Å²) in [7, 11) is 2.87. The highest BCUT2D eigenvalue weighted by Gasteiger charge is 2.19. The maximum Gasteiger partial charge on any atom is 0.222 e. The van der Waals surface area contributed by atoms with Crippen molar-refractivity contribution in [2.75, 3.05) is 14.2 Å². The van der Waals surface area contributed by atoms with Gasteiger partial charge in [0.15, 0.2) is 0 Å². The molecule has 1 N–H and O–H groups in total. The number of imidazole rings is 1. The van der Waals surface area contributed by atoms with Gasteiger partial charge in [0, 0.05) is 19.8 Å². The summed E-state index contributed by atoms with van der Waals surface area (Å²) in [6.07, 6.45) is -0.864. The van der Waals surface area contributed by atoms with Crippen molar-refractivity contribution in [1.29, 1.82) is 0 Å². The van der Waals surface area contributed by atoms with Gasteiger partial charge in [-0.2, -0.15) is 0 Å². The van der Waals surface area contributed by atoms with Crippen molar-refractivity contribution >= 4 is 16.8 Å². The fourth-order valence-electron chi connectivity index (χ4n) is 1.74. The molecule has 17 heavy (non-hydrogen) atoms. The molecule has 0 spiro atoms.